The molecule has 0 bridgehead atoms. The molecule has 8 heavy (non-hydrogen) atoms. The first-order chi connectivity index (χ1) is 3.50. The first-order valence-electron chi connectivity index (χ1n) is 2.20. The zero-order chi connectivity index (χ0) is 6.78. The van der Waals surface area contributed by atoms with E-state index in [4.69, 9.17) is 5.11 Å². The molecule has 0 aromatic carbocycles. The summed E-state index contributed by atoms with van der Waals surface area (Å²) in [4.78, 5) is 19.9. The first-order valence-corrected chi connectivity index (χ1v) is 2.20. The van der Waals surface area contributed by atoms with Crippen molar-refractivity contribution in [2.24, 2.45) is 5.41 Å². The molecule has 3 heteroatoms. The Morgan fingerprint density at radius 3 is 2.00 bits per heavy atom. The lowest BCUT2D eigenvalue weighted by Gasteiger charge is -2.07. The van der Waals surface area contributed by atoms with Crippen molar-refractivity contribution in [1.29, 1.82) is 0 Å². The Balaban J connectivity index is 4.12. The van der Waals surface area contributed by atoms with Gasteiger partial charge in [0.05, 0.1) is 0 Å². The van der Waals surface area contributed by atoms with E-state index >= 15 is 0 Å². The Morgan fingerprint density at radius 1 is 1.62 bits per heavy atom. The zero-order valence-electron chi connectivity index (χ0n) is 4.84. The van der Waals surface area contributed by atoms with E-state index in [0.29, 0.717) is 6.29 Å². The Kier molecular flexibility index (Phi) is 1.73. The lowest BCUT2D eigenvalue weighted by atomic mass is 9.97. The van der Waals surface area contributed by atoms with Crippen molar-refractivity contribution < 1.29 is 14.7 Å². The number of hydrogen-bond donors (Lipinski definition) is 1. The molecule has 0 spiro atoms. The second-order valence-electron chi connectivity index (χ2n) is 2.14. The third-order valence-electron chi connectivity index (χ3n) is 0.846. The molecular weight excluding hydrogens is 108 g/mol. The van der Waals surface area contributed by atoms with Crippen molar-refractivity contribution in [1.82, 2.24) is 0 Å². The van der Waals surface area contributed by atoms with Gasteiger partial charge in [0.25, 0.3) is 0 Å². The van der Waals surface area contributed by atoms with Crippen molar-refractivity contribution >= 4 is 12.3 Å². The van der Waals surface area contributed by atoms with Crippen LogP contribution in [0.4, 0.5) is 0 Å². The van der Waals surface area contributed by atoms with E-state index in [-0.39, 0.29) is 0 Å². The number of aliphatic carboxylic acids is 1. The van der Waals surface area contributed by atoms with E-state index in [0.717, 1.165) is 0 Å². The molecule has 0 saturated carbocycles. The normalized spacial score (nSPS) is 10.8. The monoisotopic (exact) mass is 116 g/mol. The van der Waals surface area contributed by atoms with Gasteiger partial charge in [-0.3, -0.25) is 4.79 Å². The van der Waals surface area contributed by atoms with Gasteiger partial charge in [-0.2, -0.15) is 0 Å². The fourth-order valence-electron chi connectivity index (χ4n) is 0.0504. The third-order valence-corrected chi connectivity index (χ3v) is 0.846. The average Bonchev–Trinajstić information content (AvgIpc) is 1.67. The molecule has 0 aliphatic rings. The molecular formula is C5H8O3. The van der Waals surface area contributed by atoms with Crippen molar-refractivity contribution in [2.45, 2.75) is 13.8 Å². The van der Waals surface area contributed by atoms with Gasteiger partial charge in [0, 0.05) is 0 Å². The van der Waals surface area contributed by atoms with E-state index in [1.54, 1.807) is 0 Å². The van der Waals surface area contributed by atoms with Crippen molar-refractivity contribution in [3.8, 4) is 0 Å². The summed E-state index contributed by atoms with van der Waals surface area (Å²) in [6, 6.07) is 0. The van der Waals surface area contributed by atoms with E-state index in [1.807, 2.05) is 0 Å². The zero-order valence-corrected chi connectivity index (χ0v) is 4.84. The number of carboxylic acid groups (broad SMARTS) is 1. The van der Waals surface area contributed by atoms with Crippen LogP contribution in [-0.4, -0.2) is 17.4 Å². The van der Waals surface area contributed by atoms with E-state index in [9.17, 15) is 9.59 Å². The van der Waals surface area contributed by atoms with Crippen LogP contribution in [0.5, 0.6) is 0 Å². The SMILES string of the molecule is CC(C)(C=O)C(=O)O. The summed E-state index contributed by atoms with van der Waals surface area (Å²) in [7, 11) is 0. The Morgan fingerprint density at radius 2 is 2.00 bits per heavy atom. The molecule has 0 saturated heterocycles. The highest BCUT2D eigenvalue weighted by atomic mass is 16.4. The maximum absolute atomic E-state index is 10.0. The molecule has 1 N–H and O–H groups in total. The fourth-order valence-corrected chi connectivity index (χ4v) is 0.0504. The topological polar surface area (TPSA) is 54.4 Å². The molecule has 0 aliphatic carbocycles. The highest BCUT2D eigenvalue weighted by molar-refractivity contribution is 5.90. The Hall–Kier alpha value is -0.860. The minimum atomic E-state index is -1.22. The molecule has 46 valence electrons. The van der Waals surface area contributed by atoms with Crippen LogP contribution in [0, 0.1) is 5.41 Å². The number of carbonyl (C=O) groups excluding carboxylic acids is 1. The third kappa shape index (κ3) is 1.33. The average molecular weight is 116 g/mol. The van der Waals surface area contributed by atoms with Gasteiger partial charge in [-0.15, -0.1) is 0 Å². The highest BCUT2D eigenvalue weighted by Gasteiger charge is 2.25. The van der Waals surface area contributed by atoms with Gasteiger partial charge in [0.1, 0.15) is 11.7 Å². The van der Waals surface area contributed by atoms with Crippen LogP contribution < -0.4 is 0 Å². The summed E-state index contributed by atoms with van der Waals surface area (Å²) >= 11 is 0. The molecule has 3 nitrogen and oxygen atoms in total. The Bertz CT molecular complexity index is 115. The molecule has 0 unspecified atom stereocenters. The summed E-state index contributed by atoms with van der Waals surface area (Å²) < 4.78 is 0. The quantitative estimate of drug-likeness (QED) is 0.417. The van der Waals surface area contributed by atoms with Crippen LogP contribution in [0.3, 0.4) is 0 Å². The summed E-state index contributed by atoms with van der Waals surface area (Å²) in [6.07, 6.45) is 0.412. The van der Waals surface area contributed by atoms with Gasteiger partial charge < -0.3 is 9.90 Å². The van der Waals surface area contributed by atoms with Gasteiger partial charge in [-0.05, 0) is 13.8 Å². The van der Waals surface area contributed by atoms with Crippen molar-refractivity contribution in [2.75, 3.05) is 0 Å². The van der Waals surface area contributed by atoms with Crippen LogP contribution in [0.1, 0.15) is 13.8 Å². The van der Waals surface area contributed by atoms with Crippen LogP contribution in [0.25, 0.3) is 0 Å². The lowest BCUT2D eigenvalue weighted by molar-refractivity contribution is -0.148. The maximum atomic E-state index is 10.0. The van der Waals surface area contributed by atoms with Crippen LogP contribution in [-0.2, 0) is 9.59 Å². The van der Waals surface area contributed by atoms with Crippen LogP contribution in [0.2, 0.25) is 0 Å². The number of rotatable bonds is 2. The smallest absolute Gasteiger partial charge is 0.316 e. The van der Waals surface area contributed by atoms with E-state index < -0.39 is 11.4 Å². The maximum Gasteiger partial charge on any atom is 0.316 e. The van der Waals surface area contributed by atoms with Crippen LogP contribution in [0.15, 0.2) is 0 Å². The molecule has 0 amide bonds. The van der Waals surface area contributed by atoms with Gasteiger partial charge >= 0.3 is 5.97 Å². The van der Waals surface area contributed by atoms with E-state index in [2.05, 4.69) is 0 Å². The predicted octanol–water partition coefficient (Wildman–Crippen LogP) is 0.296. The molecule has 0 heterocycles. The van der Waals surface area contributed by atoms with Crippen LogP contribution >= 0.6 is 0 Å². The van der Waals surface area contributed by atoms with Gasteiger partial charge in [-0.25, -0.2) is 0 Å². The van der Waals surface area contributed by atoms with Gasteiger partial charge in [-0.1, -0.05) is 0 Å². The summed E-state index contributed by atoms with van der Waals surface area (Å²) in [5.74, 6) is -1.09. The van der Waals surface area contributed by atoms with Gasteiger partial charge in [0.2, 0.25) is 0 Å². The summed E-state index contributed by atoms with van der Waals surface area (Å²) in [5, 5.41) is 8.21. The first kappa shape index (κ1) is 7.14. The summed E-state index contributed by atoms with van der Waals surface area (Å²) in [5.41, 5.74) is -1.22. The van der Waals surface area contributed by atoms with Gasteiger partial charge in [0.15, 0.2) is 0 Å². The standard InChI is InChI=1S/C5H8O3/c1-5(2,3-6)4(7)8/h3H,1-2H3,(H,7,8). The second-order valence-corrected chi connectivity index (χ2v) is 2.14. The minimum absolute atomic E-state index is 0.412. The molecule has 0 aromatic heterocycles. The molecule has 0 aromatic rings. The second kappa shape index (κ2) is 1.94. The minimum Gasteiger partial charge on any atom is -0.481 e. The molecule has 0 atom stereocenters. The summed E-state index contributed by atoms with van der Waals surface area (Å²) in [6.45, 7) is 2.70. The lowest BCUT2D eigenvalue weighted by Crippen LogP contribution is -2.24. The van der Waals surface area contributed by atoms with Crippen molar-refractivity contribution in [3.05, 3.63) is 0 Å². The Labute approximate surface area is 47.3 Å². The largest absolute Gasteiger partial charge is 0.481 e. The molecule has 0 fully saturated rings. The number of aldehydes is 1. The number of hydrogen-bond acceptors (Lipinski definition) is 2. The molecule has 0 aliphatic heterocycles. The number of carbonyl (C=O) groups is 2. The van der Waals surface area contributed by atoms with Crippen molar-refractivity contribution in [3.63, 3.8) is 0 Å². The predicted molar refractivity (Wildman–Crippen MR) is 27.5 cm³/mol. The fraction of sp³-hybridized carbons (Fsp3) is 0.600. The molecule has 0 rings (SSSR count). The number of carboxylic acids is 1. The molecule has 0 radical (unpaired) electrons. The van der Waals surface area contributed by atoms with E-state index in [1.165, 1.54) is 13.8 Å². The highest BCUT2D eigenvalue weighted by Crippen LogP contribution is 2.09.